The Labute approximate surface area is 165 Å². The third-order valence-corrected chi connectivity index (χ3v) is 5.38. The number of nitrogens with zero attached hydrogens (tertiary/aromatic N) is 3. The SMILES string of the molecule is Cc1cccc(-n2cccc2[C@H]2[C@@H](c3ccccn3)NC(=S)N2C(C)C)c1. The average molecular weight is 377 g/mol. The molecule has 4 nitrogen and oxygen atoms in total. The van der Waals surface area contributed by atoms with Gasteiger partial charge in [-0.1, -0.05) is 18.2 Å². The van der Waals surface area contributed by atoms with Crippen molar-refractivity contribution in [2.75, 3.05) is 0 Å². The molecule has 0 amide bonds. The van der Waals surface area contributed by atoms with Gasteiger partial charge in [0, 0.05) is 29.8 Å². The Kier molecular flexibility index (Phi) is 4.70. The predicted molar refractivity (Wildman–Crippen MR) is 113 cm³/mol. The molecule has 1 N–H and O–H groups in total. The molecule has 0 saturated carbocycles. The van der Waals surface area contributed by atoms with E-state index in [4.69, 9.17) is 12.2 Å². The smallest absolute Gasteiger partial charge is 0.170 e. The molecule has 3 heterocycles. The molecule has 0 aliphatic carbocycles. The van der Waals surface area contributed by atoms with E-state index in [9.17, 15) is 0 Å². The Bertz CT molecular complexity index is 948. The van der Waals surface area contributed by atoms with Crippen LogP contribution in [0.4, 0.5) is 0 Å². The van der Waals surface area contributed by atoms with Crippen LogP contribution >= 0.6 is 12.2 Å². The van der Waals surface area contributed by atoms with Crippen molar-refractivity contribution in [1.29, 1.82) is 0 Å². The van der Waals surface area contributed by atoms with Gasteiger partial charge in [0.25, 0.3) is 0 Å². The van der Waals surface area contributed by atoms with Gasteiger partial charge in [0.2, 0.25) is 0 Å². The second kappa shape index (κ2) is 7.16. The first kappa shape index (κ1) is 17.7. The summed E-state index contributed by atoms with van der Waals surface area (Å²) < 4.78 is 2.26. The van der Waals surface area contributed by atoms with Gasteiger partial charge >= 0.3 is 0 Å². The highest BCUT2D eigenvalue weighted by molar-refractivity contribution is 7.80. The Balaban J connectivity index is 1.84. The van der Waals surface area contributed by atoms with E-state index in [0.717, 1.165) is 16.5 Å². The second-order valence-corrected chi connectivity index (χ2v) is 7.66. The standard InChI is InChI=1S/C22H24N4S/c1-15(2)26-21(20(24-22(26)27)18-10-4-5-12-23-18)19-11-7-13-25(19)17-9-6-8-16(3)14-17/h4-15,20-21H,1-3H3,(H,24,27)/t20-,21+/m1/s1. The molecule has 0 unspecified atom stereocenters. The summed E-state index contributed by atoms with van der Waals surface area (Å²) in [5.74, 6) is 0. The molecule has 1 aliphatic heterocycles. The van der Waals surface area contributed by atoms with Crippen LogP contribution in [0.5, 0.6) is 0 Å². The van der Waals surface area contributed by atoms with E-state index >= 15 is 0 Å². The fraction of sp³-hybridized carbons (Fsp3) is 0.273. The lowest BCUT2D eigenvalue weighted by atomic mass is 10.0. The molecule has 2 atom stereocenters. The molecule has 5 heteroatoms. The number of benzene rings is 1. The first-order valence-corrected chi connectivity index (χ1v) is 9.71. The topological polar surface area (TPSA) is 33.1 Å². The van der Waals surface area contributed by atoms with Crippen LogP contribution in [0.15, 0.2) is 67.0 Å². The molecule has 1 aromatic carbocycles. The quantitative estimate of drug-likeness (QED) is 0.677. The number of hydrogen-bond donors (Lipinski definition) is 1. The lowest BCUT2D eigenvalue weighted by molar-refractivity contribution is 0.262. The lowest BCUT2D eigenvalue weighted by Gasteiger charge is -2.31. The van der Waals surface area contributed by atoms with Crippen LogP contribution in [-0.2, 0) is 0 Å². The number of aryl methyl sites for hydroxylation is 1. The zero-order valence-corrected chi connectivity index (χ0v) is 16.6. The van der Waals surface area contributed by atoms with Crippen molar-refractivity contribution in [2.24, 2.45) is 0 Å². The molecule has 0 radical (unpaired) electrons. The number of nitrogens with one attached hydrogen (secondary N) is 1. The zero-order chi connectivity index (χ0) is 19.0. The Morgan fingerprint density at radius 1 is 1.07 bits per heavy atom. The van der Waals surface area contributed by atoms with E-state index in [1.54, 1.807) is 0 Å². The normalized spacial score (nSPS) is 19.6. The van der Waals surface area contributed by atoms with Gasteiger partial charge in [-0.05, 0) is 75.0 Å². The highest BCUT2D eigenvalue weighted by Gasteiger charge is 2.42. The van der Waals surface area contributed by atoms with Crippen LogP contribution in [0.1, 0.15) is 42.9 Å². The highest BCUT2D eigenvalue weighted by atomic mass is 32.1. The van der Waals surface area contributed by atoms with Gasteiger partial charge < -0.3 is 14.8 Å². The third-order valence-electron chi connectivity index (χ3n) is 5.05. The summed E-state index contributed by atoms with van der Waals surface area (Å²) in [6.45, 7) is 6.49. The van der Waals surface area contributed by atoms with Gasteiger partial charge in [-0.2, -0.15) is 0 Å². The maximum absolute atomic E-state index is 5.70. The van der Waals surface area contributed by atoms with Crippen LogP contribution in [0.2, 0.25) is 0 Å². The summed E-state index contributed by atoms with van der Waals surface area (Å²) in [5, 5.41) is 4.29. The maximum atomic E-state index is 5.70. The maximum Gasteiger partial charge on any atom is 0.170 e. The molecule has 0 bridgehead atoms. The van der Waals surface area contributed by atoms with Crippen molar-refractivity contribution >= 4 is 17.3 Å². The number of hydrogen-bond acceptors (Lipinski definition) is 2. The molecule has 4 rings (SSSR count). The van der Waals surface area contributed by atoms with E-state index < -0.39 is 0 Å². The van der Waals surface area contributed by atoms with Crippen molar-refractivity contribution < 1.29 is 0 Å². The molecule has 138 valence electrons. The summed E-state index contributed by atoms with van der Waals surface area (Å²) in [6, 6.07) is 19.3. The minimum absolute atomic E-state index is 0.0135. The fourth-order valence-electron chi connectivity index (χ4n) is 3.89. The first-order valence-electron chi connectivity index (χ1n) is 9.30. The highest BCUT2D eigenvalue weighted by Crippen LogP contribution is 2.40. The lowest BCUT2D eigenvalue weighted by Crippen LogP contribution is -2.36. The number of thiocarbonyl (C=S) groups is 1. The van der Waals surface area contributed by atoms with Crippen molar-refractivity contribution in [3.05, 3.63) is 83.9 Å². The van der Waals surface area contributed by atoms with Gasteiger partial charge in [0.1, 0.15) is 0 Å². The van der Waals surface area contributed by atoms with E-state index in [1.807, 2.05) is 18.3 Å². The summed E-state index contributed by atoms with van der Waals surface area (Å²) >= 11 is 5.70. The van der Waals surface area contributed by atoms with Crippen molar-refractivity contribution in [1.82, 2.24) is 19.8 Å². The number of aromatic nitrogens is 2. The molecule has 1 fully saturated rings. The van der Waals surface area contributed by atoms with E-state index in [0.29, 0.717) is 0 Å². The molecular formula is C22H24N4S. The van der Waals surface area contributed by atoms with Gasteiger partial charge in [0.15, 0.2) is 5.11 Å². The number of pyridine rings is 1. The van der Waals surface area contributed by atoms with E-state index in [1.165, 1.54) is 11.3 Å². The molecule has 27 heavy (non-hydrogen) atoms. The molecule has 1 aliphatic rings. The monoisotopic (exact) mass is 376 g/mol. The van der Waals surface area contributed by atoms with Crippen molar-refractivity contribution in [2.45, 2.75) is 38.9 Å². The number of rotatable bonds is 4. The van der Waals surface area contributed by atoms with Crippen LogP contribution in [0, 0.1) is 6.92 Å². The van der Waals surface area contributed by atoms with Gasteiger partial charge in [-0.15, -0.1) is 0 Å². The largest absolute Gasteiger partial charge is 0.352 e. The molecule has 0 spiro atoms. The van der Waals surface area contributed by atoms with Crippen LogP contribution < -0.4 is 5.32 Å². The van der Waals surface area contributed by atoms with Gasteiger partial charge in [-0.3, -0.25) is 4.98 Å². The fourth-order valence-corrected chi connectivity index (χ4v) is 4.34. The Morgan fingerprint density at radius 3 is 2.63 bits per heavy atom. The van der Waals surface area contributed by atoms with E-state index in [-0.39, 0.29) is 18.1 Å². The molecule has 1 saturated heterocycles. The first-order chi connectivity index (χ1) is 13.1. The van der Waals surface area contributed by atoms with Crippen molar-refractivity contribution in [3.63, 3.8) is 0 Å². The minimum Gasteiger partial charge on any atom is -0.352 e. The third kappa shape index (κ3) is 3.23. The van der Waals surface area contributed by atoms with Crippen LogP contribution in [0.3, 0.4) is 0 Å². The minimum atomic E-state index is 0.0135. The molecule has 3 aromatic rings. The van der Waals surface area contributed by atoms with Gasteiger partial charge in [0.05, 0.1) is 17.8 Å². The molecular weight excluding hydrogens is 352 g/mol. The second-order valence-electron chi connectivity index (χ2n) is 7.27. The summed E-state index contributed by atoms with van der Waals surface area (Å²) in [4.78, 5) is 6.90. The summed E-state index contributed by atoms with van der Waals surface area (Å²) in [5.41, 5.74) is 4.62. The van der Waals surface area contributed by atoms with Gasteiger partial charge in [-0.25, -0.2) is 0 Å². The summed E-state index contributed by atoms with van der Waals surface area (Å²) in [6.07, 6.45) is 3.97. The Morgan fingerprint density at radius 2 is 1.93 bits per heavy atom. The van der Waals surface area contributed by atoms with E-state index in [2.05, 4.69) is 89.2 Å². The van der Waals surface area contributed by atoms with Crippen LogP contribution in [-0.4, -0.2) is 25.6 Å². The van der Waals surface area contributed by atoms with Crippen LogP contribution in [0.25, 0.3) is 5.69 Å². The summed E-state index contributed by atoms with van der Waals surface area (Å²) in [7, 11) is 0. The molecule has 2 aromatic heterocycles. The van der Waals surface area contributed by atoms with Crippen molar-refractivity contribution in [3.8, 4) is 5.69 Å². The zero-order valence-electron chi connectivity index (χ0n) is 15.8. The average Bonchev–Trinajstić information content (AvgIpc) is 3.26. The Hall–Kier alpha value is -2.66. The predicted octanol–water partition coefficient (Wildman–Crippen LogP) is 4.56.